The van der Waals surface area contributed by atoms with Crippen molar-refractivity contribution >= 4 is 23.2 Å². The zero-order valence-corrected chi connectivity index (χ0v) is 22.7. The first-order valence-electron chi connectivity index (χ1n) is 13.5. The van der Waals surface area contributed by atoms with E-state index in [0.717, 1.165) is 6.07 Å². The number of rotatable bonds is 9. The molecule has 1 fully saturated rings. The van der Waals surface area contributed by atoms with Crippen molar-refractivity contribution in [2.75, 3.05) is 45.9 Å². The lowest BCUT2D eigenvalue weighted by molar-refractivity contribution is -0.385. The fourth-order valence-corrected chi connectivity index (χ4v) is 5.04. The van der Waals surface area contributed by atoms with Crippen LogP contribution < -0.4 is 0 Å². The van der Waals surface area contributed by atoms with Crippen LogP contribution in [0.2, 0.25) is 0 Å². The Morgan fingerprint density at radius 2 is 1.74 bits per heavy atom. The summed E-state index contributed by atoms with van der Waals surface area (Å²) < 4.78 is 33.0. The molecule has 218 valence electrons. The van der Waals surface area contributed by atoms with Crippen LogP contribution in [0.4, 0.5) is 14.5 Å². The van der Waals surface area contributed by atoms with Crippen LogP contribution in [-0.4, -0.2) is 83.2 Å². The van der Waals surface area contributed by atoms with Crippen molar-refractivity contribution < 1.29 is 28.0 Å². The lowest BCUT2D eigenvalue weighted by atomic mass is 9.98. The molecule has 2 aliphatic rings. The third-order valence-electron chi connectivity index (χ3n) is 7.28. The lowest BCUT2D eigenvalue weighted by Gasteiger charge is -2.31. The highest BCUT2D eigenvalue weighted by Crippen LogP contribution is 2.34. The van der Waals surface area contributed by atoms with E-state index in [4.69, 9.17) is 4.74 Å². The van der Waals surface area contributed by atoms with Gasteiger partial charge in [0.25, 0.3) is 17.5 Å². The number of nitrogens with zero attached hydrogens (tertiary/aromatic N) is 5. The molecule has 0 radical (unpaired) electrons. The molecular formula is C30H29F2N5O5. The van der Waals surface area contributed by atoms with Crippen LogP contribution in [-0.2, 0) is 9.53 Å². The largest absolute Gasteiger partial charge is 0.379 e. The lowest BCUT2D eigenvalue weighted by Crippen LogP contribution is -2.46. The molecule has 10 nitrogen and oxygen atoms in total. The van der Waals surface area contributed by atoms with E-state index in [-0.39, 0.29) is 30.8 Å². The summed E-state index contributed by atoms with van der Waals surface area (Å²) in [6.07, 6.45) is 0.226. The Hall–Kier alpha value is -4.55. The standard InChI is InChI=1S/C30H29F2N5O5/c31-24-9-7-21(8-10-24)27-19-28(22-3-2-6-26(18-22)37(40)41)36(33-27)29(38)20-35(12-11-34-13-15-42-16-14-34)30(39)23-4-1-5-25(32)17-23/h1-10,17-18,28H,11-16,19-20H2. The minimum absolute atomic E-state index is 0.108. The summed E-state index contributed by atoms with van der Waals surface area (Å²) in [7, 11) is 0. The van der Waals surface area contributed by atoms with E-state index in [0.29, 0.717) is 49.7 Å². The Labute approximate surface area is 240 Å². The highest BCUT2D eigenvalue weighted by atomic mass is 19.1. The van der Waals surface area contributed by atoms with Crippen LogP contribution in [0, 0.1) is 21.7 Å². The number of hydrogen-bond donors (Lipinski definition) is 0. The number of morpholine rings is 1. The van der Waals surface area contributed by atoms with Gasteiger partial charge in [-0.2, -0.15) is 5.10 Å². The van der Waals surface area contributed by atoms with Gasteiger partial charge >= 0.3 is 0 Å². The predicted molar refractivity (Wildman–Crippen MR) is 150 cm³/mol. The number of non-ortho nitro benzene ring substituents is 1. The molecule has 1 saturated heterocycles. The van der Waals surface area contributed by atoms with Crippen LogP contribution in [0.5, 0.6) is 0 Å². The fourth-order valence-electron chi connectivity index (χ4n) is 5.04. The average molecular weight is 578 g/mol. The number of hydrazone groups is 1. The molecule has 1 unspecified atom stereocenters. The van der Waals surface area contributed by atoms with E-state index in [1.807, 2.05) is 0 Å². The number of benzene rings is 3. The van der Waals surface area contributed by atoms with Gasteiger partial charge in [0.15, 0.2) is 0 Å². The summed E-state index contributed by atoms with van der Waals surface area (Å²) in [6, 6.07) is 16.2. The summed E-state index contributed by atoms with van der Waals surface area (Å²) in [6.45, 7) is 2.82. The third-order valence-corrected chi connectivity index (χ3v) is 7.28. The van der Waals surface area contributed by atoms with Crippen LogP contribution in [0.15, 0.2) is 77.9 Å². The predicted octanol–water partition coefficient (Wildman–Crippen LogP) is 4.03. The Balaban J connectivity index is 1.44. The number of hydrogen-bond acceptors (Lipinski definition) is 7. The number of carbonyl (C=O) groups excluding carboxylic acids is 2. The summed E-state index contributed by atoms with van der Waals surface area (Å²) >= 11 is 0. The van der Waals surface area contributed by atoms with Gasteiger partial charge in [-0.3, -0.25) is 24.6 Å². The molecule has 1 atom stereocenters. The van der Waals surface area contributed by atoms with Crippen molar-refractivity contribution in [2.45, 2.75) is 12.5 Å². The molecule has 0 N–H and O–H groups in total. The highest BCUT2D eigenvalue weighted by molar-refractivity contribution is 6.03. The summed E-state index contributed by atoms with van der Waals surface area (Å²) in [4.78, 5) is 41.8. The van der Waals surface area contributed by atoms with E-state index in [2.05, 4.69) is 10.0 Å². The number of ether oxygens (including phenoxy) is 1. The van der Waals surface area contributed by atoms with Gasteiger partial charge in [0.1, 0.15) is 18.2 Å². The van der Waals surface area contributed by atoms with Crippen molar-refractivity contribution in [3.05, 3.63) is 111 Å². The van der Waals surface area contributed by atoms with E-state index < -0.39 is 34.4 Å². The second-order valence-electron chi connectivity index (χ2n) is 10.1. The first-order chi connectivity index (χ1) is 20.3. The molecule has 0 aliphatic carbocycles. The molecule has 3 aromatic rings. The van der Waals surface area contributed by atoms with Gasteiger partial charge in [-0.05, 0) is 41.5 Å². The summed E-state index contributed by atoms with van der Waals surface area (Å²) in [5.41, 5.74) is 1.56. The van der Waals surface area contributed by atoms with E-state index in [1.165, 1.54) is 58.4 Å². The number of halogens is 2. The van der Waals surface area contributed by atoms with E-state index in [9.17, 15) is 28.5 Å². The van der Waals surface area contributed by atoms with Crippen LogP contribution in [0.1, 0.15) is 33.9 Å². The van der Waals surface area contributed by atoms with Gasteiger partial charge in [-0.1, -0.05) is 30.3 Å². The Kier molecular flexibility index (Phi) is 8.94. The second kappa shape index (κ2) is 13.0. The molecule has 0 bridgehead atoms. The van der Waals surface area contributed by atoms with Crippen molar-refractivity contribution in [3.8, 4) is 0 Å². The van der Waals surface area contributed by atoms with Gasteiger partial charge in [-0.25, -0.2) is 13.8 Å². The molecule has 0 aromatic heterocycles. The molecule has 2 amide bonds. The minimum atomic E-state index is -0.692. The monoisotopic (exact) mass is 577 g/mol. The number of nitro groups is 1. The van der Waals surface area contributed by atoms with Crippen molar-refractivity contribution in [1.82, 2.24) is 14.8 Å². The maximum Gasteiger partial charge on any atom is 0.269 e. The fraction of sp³-hybridized carbons (Fsp3) is 0.300. The molecule has 0 spiro atoms. The van der Waals surface area contributed by atoms with Crippen LogP contribution in [0.3, 0.4) is 0 Å². The maximum atomic E-state index is 14.0. The number of nitro benzene ring substituents is 1. The average Bonchev–Trinajstić information content (AvgIpc) is 3.45. The molecule has 2 aliphatic heterocycles. The summed E-state index contributed by atoms with van der Waals surface area (Å²) in [5, 5.41) is 17.2. The molecule has 12 heteroatoms. The zero-order chi connectivity index (χ0) is 29.6. The van der Waals surface area contributed by atoms with Gasteiger partial charge < -0.3 is 9.64 Å². The number of carbonyl (C=O) groups is 2. The van der Waals surface area contributed by atoms with Crippen LogP contribution >= 0.6 is 0 Å². The van der Waals surface area contributed by atoms with Crippen LogP contribution in [0.25, 0.3) is 0 Å². The normalized spacial score (nSPS) is 17.1. The quantitative estimate of drug-likeness (QED) is 0.281. The number of amides is 2. The smallest absolute Gasteiger partial charge is 0.269 e. The van der Waals surface area contributed by atoms with E-state index in [1.54, 1.807) is 18.2 Å². The van der Waals surface area contributed by atoms with Crippen molar-refractivity contribution in [1.29, 1.82) is 0 Å². The van der Waals surface area contributed by atoms with Gasteiger partial charge in [-0.15, -0.1) is 0 Å². The Morgan fingerprint density at radius 3 is 2.45 bits per heavy atom. The topological polar surface area (TPSA) is 109 Å². The molecule has 42 heavy (non-hydrogen) atoms. The SMILES string of the molecule is O=C(c1cccc(F)c1)N(CCN1CCOCC1)CC(=O)N1N=C(c2ccc(F)cc2)CC1c1cccc([N+](=O)[O-])c1. The van der Waals surface area contributed by atoms with Gasteiger partial charge in [0, 0.05) is 50.3 Å². The van der Waals surface area contributed by atoms with Gasteiger partial charge in [0.2, 0.25) is 0 Å². The zero-order valence-electron chi connectivity index (χ0n) is 22.7. The molecule has 2 heterocycles. The Morgan fingerprint density at radius 1 is 1.00 bits per heavy atom. The maximum absolute atomic E-state index is 14.0. The van der Waals surface area contributed by atoms with Crippen molar-refractivity contribution in [2.24, 2.45) is 5.10 Å². The molecular weight excluding hydrogens is 548 g/mol. The highest BCUT2D eigenvalue weighted by Gasteiger charge is 2.35. The molecule has 3 aromatic carbocycles. The first kappa shape index (κ1) is 29.0. The molecule has 0 saturated carbocycles. The van der Waals surface area contributed by atoms with E-state index >= 15 is 0 Å². The minimum Gasteiger partial charge on any atom is -0.379 e. The second-order valence-corrected chi connectivity index (χ2v) is 10.1. The first-order valence-corrected chi connectivity index (χ1v) is 13.5. The molecule has 5 rings (SSSR count). The van der Waals surface area contributed by atoms with Gasteiger partial charge in [0.05, 0.1) is 29.9 Å². The third kappa shape index (κ3) is 6.84. The van der Waals surface area contributed by atoms with Crippen molar-refractivity contribution in [3.63, 3.8) is 0 Å². The summed E-state index contributed by atoms with van der Waals surface area (Å²) in [5.74, 6) is -2.02. The Bertz CT molecular complexity index is 1490.